The monoisotopic (exact) mass is 1860 g/mol. The second-order valence-electron chi connectivity index (χ2n) is 36.5. The molecule has 6 aromatic heterocycles. The van der Waals surface area contributed by atoms with Crippen molar-refractivity contribution in [1.82, 2.24) is 27.4 Å². The fourth-order valence-electron chi connectivity index (χ4n) is 21.7. The topological polar surface area (TPSA) is 177 Å². The molecule has 0 N–H and O–H groups in total. The van der Waals surface area contributed by atoms with Crippen LogP contribution in [0.4, 0.5) is 5.69 Å². The zero-order chi connectivity index (χ0) is 98.2. The average Bonchev–Trinajstić information content (AvgIpc) is 1.59. The van der Waals surface area contributed by atoms with Gasteiger partial charge in [0.1, 0.15) is 0 Å². The fourth-order valence-corrected chi connectivity index (χ4v) is 21.7. The number of aromatic nitrogens is 6. The van der Waals surface area contributed by atoms with E-state index in [1.807, 2.05) is 146 Å². The lowest BCUT2D eigenvalue weighted by Crippen LogP contribution is -2.00. The molecule has 0 atom stereocenters. The highest BCUT2D eigenvalue weighted by molar-refractivity contribution is 6.16. The van der Waals surface area contributed by atoms with E-state index in [9.17, 15) is 31.6 Å². The Morgan fingerprint density at radius 1 is 0.151 bits per heavy atom. The number of fused-ring (bicyclic) bond motifs is 18. The van der Waals surface area contributed by atoms with E-state index in [4.69, 9.17) is 6.57 Å². The van der Waals surface area contributed by atoms with Gasteiger partial charge >= 0.3 is 0 Å². The van der Waals surface area contributed by atoms with Crippen LogP contribution in [-0.4, -0.2) is 27.4 Å². The van der Waals surface area contributed by atoms with E-state index in [0.29, 0.717) is 39.1 Å². The molecule has 0 saturated heterocycles. The molecule has 27 rings (SSSR count). The Bertz CT molecular complexity index is 9990. The number of hydrogen-bond acceptors (Lipinski definition) is 6. The van der Waals surface area contributed by atoms with Gasteiger partial charge in [0, 0.05) is 98.8 Å². The van der Waals surface area contributed by atoms with Gasteiger partial charge in [-0.25, -0.2) is 4.85 Å². The SMILES string of the molecule is N#Cc1ccc(-c2cccc(-c3cc(-n4c5ccccc5c5ccccc54)cc(-n4c5ccc(C#N)cc5c5cc(C#N)ccc54)c3)c2)cc1.N#Cc1cccc(-c2cccc(-c3cc(-n4c5ccccc5c5ccccc54)cc(-n4c5ccc(C#N)cc5c5cc(C#N)ccc54)c3)c2)c1.[C-]#[N+]c1ccccc1-c1cccc(-c2cc(-n3c4ccccc4c4ccccc43)cc(-n3c4ccccc4c4ccccc43)c2)c1. The molecule has 27 aromatic rings. The van der Waals surface area contributed by atoms with Crippen LogP contribution in [0.1, 0.15) is 33.4 Å². The summed E-state index contributed by atoms with van der Waals surface area (Å²) in [5.41, 5.74) is 35.6. The minimum atomic E-state index is 0.566. The van der Waals surface area contributed by atoms with E-state index < -0.39 is 0 Å². The van der Waals surface area contributed by atoms with Gasteiger partial charge in [0.25, 0.3) is 0 Å². The Morgan fingerprint density at radius 3 is 0.644 bits per heavy atom. The Labute approximate surface area is 838 Å². The number of nitrogens with zero attached hydrogens (tertiary/aromatic N) is 13. The van der Waals surface area contributed by atoms with Crippen molar-refractivity contribution in [3.05, 3.63) is 512 Å². The van der Waals surface area contributed by atoms with Crippen molar-refractivity contribution in [2.45, 2.75) is 0 Å². The van der Waals surface area contributed by atoms with Gasteiger partial charge in [0.15, 0.2) is 5.69 Å². The summed E-state index contributed by atoms with van der Waals surface area (Å²) in [7, 11) is 0. The van der Waals surface area contributed by atoms with Crippen molar-refractivity contribution in [2.75, 3.05) is 0 Å². The first-order valence-corrected chi connectivity index (χ1v) is 48.0. The maximum atomic E-state index is 9.78. The smallest absolute Gasteiger partial charge is 0.194 e. The average molecular weight is 1860 g/mol. The summed E-state index contributed by atoms with van der Waals surface area (Å²) in [5.74, 6) is 0. The van der Waals surface area contributed by atoms with Crippen molar-refractivity contribution >= 4 is 137 Å². The summed E-state index contributed by atoms with van der Waals surface area (Å²) in [4.78, 5) is 3.80. The zero-order valence-electron chi connectivity index (χ0n) is 78.3. The number of rotatable bonds is 12. The molecule has 13 nitrogen and oxygen atoms in total. The second kappa shape index (κ2) is 36.0. The first kappa shape index (κ1) is 86.4. The molecule has 0 saturated carbocycles. The zero-order valence-corrected chi connectivity index (χ0v) is 78.3. The van der Waals surface area contributed by atoms with Gasteiger partial charge in [-0.3, -0.25) is 0 Å². The molecule has 0 unspecified atom stereocenters. The maximum Gasteiger partial charge on any atom is 0.194 e. The number of nitriles is 6. The molecule has 0 amide bonds. The Balaban J connectivity index is 0.000000114. The van der Waals surface area contributed by atoms with E-state index in [1.165, 1.54) is 65.2 Å². The van der Waals surface area contributed by atoms with Gasteiger partial charge in [0.2, 0.25) is 0 Å². The second-order valence-corrected chi connectivity index (χ2v) is 36.5. The predicted molar refractivity (Wildman–Crippen MR) is 593 cm³/mol. The van der Waals surface area contributed by atoms with Crippen LogP contribution >= 0.6 is 0 Å². The normalized spacial score (nSPS) is 11.2. The summed E-state index contributed by atoms with van der Waals surface area (Å²) < 4.78 is 13.9. The molecule has 0 aliphatic heterocycles. The molecule has 0 spiro atoms. The quantitative estimate of drug-likeness (QED) is 0.110. The molecule has 0 fully saturated rings. The van der Waals surface area contributed by atoms with Gasteiger partial charge in [-0.15, -0.1) is 0 Å². The standard InChI is InChI=1S/2C45H25N5.C43H27N3/c46-26-29-7-5-8-32(19-29)33-9-6-10-34(22-33)35-23-36(49-42-13-3-1-11-38(42)39-12-2-4-14-43(39)49)25-37(24-35)50-44-17-15-30(27-47)20-40(44)41-21-31(28-48)16-18-45(41)50;46-26-29-12-16-32(17-13-29)33-6-5-7-34(22-33)35-23-36(49-42-10-3-1-8-38(42)39-9-2-4-11-43(39)49)25-37(24-35)50-44-18-14-30(27-47)20-40(44)41-21-31(28-48)15-19-45(41)50;1-44-39-20-7-2-15-34(39)30-14-12-13-29(25-30)31-26-32(45-40-21-8-3-16-35(40)36-17-4-9-22-41(36)45)28-33(27-31)46-42-23-10-5-18-37(42)38-19-6-11-24-43(38)46/h2*1-25H;2-28H. The number of benzene rings is 21. The van der Waals surface area contributed by atoms with Crippen molar-refractivity contribution in [3.63, 3.8) is 0 Å². The van der Waals surface area contributed by atoms with Gasteiger partial charge in [-0.2, -0.15) is 31.6 Å². The molecule has 0 aliphatic rings. The van der Waals surface area contributed by atoms with Crippen LogP contribution in [0.25, 0.3) is 237 Å². The van der Waals surface area contributed by atoms with Gasteiger partial charge in [0.05, 0.1) is 143 Å². The Hall–Kier alpha value is -21.1. The van der Waals surface area contributed by atoms with E-state index >= 15 is 0 Å². The molecular formula is C133H77N13. The minimum absolute atomic E-state index is 0.566. The van der Waals surface area contributed by atoms with Gasteiger partial charge in [-0.1, -0.05) is 249 Å². The third-order valence-corrected chi connectivity index (χ3v) is 28.2. The Morgan fingerprint density at radius 2 is 0.363 bits per heavy atom. The van der Waals surface area contributed by atoms with Crippen LogP contribution in [0, 0.1) is 74.6 Å². The third-order valence-electron chi connectivity index (χ3n) is 28.2. The van der Waals surface area contributed by atoms with Crippen LogP contribution in [0.15, 0.2) is 467 Å². The lowest BCUT2D eigenvalue weighted by Gasteiger charge is -2.16. The highest BCUT2D eigenvalue weighted by atomic mass is 15.0. The van der Waals surface area contributed by atoms with Crippen LogP contribution in [0.3, 0.4) is 0 Å². The summed E-state index contributed by atoms with van der Waals surface area (Å²) in [6, 6.07) is 174. The van der Waals surface area contributed by atoms with Crippen LogP contribution in [-0.2, 0) is 0 Å². The lowest BCUT2D eigenvalue weighted by atomic mass is 9.97. The molecule has 0 aliphatic carbocycles. The van der Waals surface area contributed by atoms with Crippen molar-refractivity contribution in [3.8, 4) is 137 Å². The molecule has 21 aromatic carbocycles. The van der Waals surface area contributed by atoms with Crippen molar-refractivity contribution < 1.29 is 0 Å². The summed E-state index contributed by atoms with van der Waals surface area (Å²) in [6.07, 6.45) is 0. The molecular weight excluding hydrogens is 1780 g/mol. The first-order chi connectivity index (χ1) is 72.0. The number of para-hydroxylation sites is 9. The largest absolute Gasteiger partial charge is 0.309 e. The Kier molecular flexibility index (Phi) is 21.3. The minimum Gasteiger partial charge on any atom is -0.309 e. The molecule has 0 bridgehead atoms. The van der Waals surface area contributed by atoms with Crippen molar-refractivity contribution in [1.29, 1.82) is 31.6 Å². The first-order valence-electron chi connectivity index (χ1n) is 48.0. The third kappa shape index (κ3) is 14.9. The summed E-state index contributed by atoms with van der Waals surface area (Å²) in [6.45, 7) is 7.75. The maximum absolute atomic E-state index is 9.78. The fraction of sp³-hybridized carbons (Fsp3) is 0. The summed E-state index contributed by atoms with van der Waals surface area (Å²) in [5, 5.41) is 71.3. The summed E-state index contributed by atoms with van der Waals surface area (Å²) >= 11 is 0. The molecule has 0 radical (unpaired) electrons. The lowest BCUT2D eigenvalue weighted by molar-refractivity contribution is 1.13. The van der Waals surface area contributed by atoms with Crippen LogP contribution < -0.4 is 0 Å². The molecule has 6 heterocycles. The highest BCUT2D eigenvalue weighted by Crippen LogP contribution is 2.46. The van der Waals surface area contributed by atoms with Crippen molar-refractivity contribution in [2.24, 2.45) is 0 Å². The van der Waals surface area contributed by atoms with Crippen LogP contribution in [0.2, 0.25) is 0 Å². The highest BCUT2D eigenvalue weighted by Gasteiger charge is 2.25. The van der Waals surface area contributed by atoms with E-state index in [-0.39, 0.29) is 0 Å². The van der Waals surface area contributed by atoms with Gasteiger partial charge < -0.3 is 27.4 Å². The molecule has 13 heteroatoms. The number of hydrogen-bond donors (Lipinski definition) is 0. The molecule has 674 valence electrons. The van der Waals surface area contributed by atoms with Gasteiger partial charge in [-0.05, 0) is 285 Å². The molecule has 146 heavy (non-hydrogen) atoms. The van der Waals surface area contributed by atoms with E-state index in [0.717, 1.165) is 167 Å². The van der Waals surface area contributed by atoms with E-state index in [1.54, 1.807) is 0 Å². The van der Waals surface area contributed by atoms with E-state index in [2.05, 4.69) is 390 Å². The van der Waals surface area contributed by atoms with Crippen LogP contribution in [0.5, 0.6) is 0 Å². The predicted octanol–water partition coefficient (Wildman–Crippen LogP) is 33.4.